The third-order valence-electron chi connectivity index (χ3n) is 4.09. The Bertz CT molecular complexity index is 1150. The first kappa shape index (κ1) is 19.4. The average molecular weight is 417 g/mol. The highest BCUT2D eigenvalue weighted by Crippen LogP contribution is 2.21. The summed E-state index contributed by atoms with van der Waals surface area (Å²) in [4.78, 5) is 25.0. The van der Waals surface area contributed by atoms with Crippen molar-refractivity contribution in [2.24, 2.45) is 0 Å². The summed E-state index contributed by atoms with van der Waals surface area (Å²) in [6.07, 6.45) is 3.17. The molecule has 30 heavy (non-hydrogen) atoms. The van der Waals surface area contributed by atoms with E-state index in [0.717, 1.165) is 5.69 Å². The zero-order valence-electron chi connectivity index (χ0n) is 15.7. The van der Waals surface area contributed by atoms with Crippen LogP contribution in [0.25, 0.3) is 0 Å². The fraction of sp³-hybridized carbons (Fsp3) is 0. The number of hydrogen-bond donors (Lipinski definition) is 3. The van der Waals surface area contributed by atoms with E-state index in [-0.39, 0.29) is 5.91 Å². The lowest BCUT2D eigenvalue weighted by molar-refractivity contribution is 0.102. The fourth-order valence-corrected chi connectivity index (χ4v) is 2.87. The maximum atomic E-state index is 12.3. The molecule has 148 valence electrons. The molecule has 7 nitrogen and oxygen atoms in total. The number of nitrogens with zero attached hydrogens (tertiary/aromatic N) is 3. The van der Waals surface area contributed by atoms with Gasteiger partial charge in [0.25, 0.3) is 5.91 Å². The second-order valence-corrected chi connectivity index (χ2v) is 6.73. The van der Waals surface area contributed by atoms with Crippen molar-refractivity contribution in [2.75, 3.05) is 16.0 Å². The van der Waals surface area contributed by atoms with Crippen LogP contribution in [0.2, 0.25) is 5.02 Å². The number of rotatable bonds is 6. The van der Waals surface area contributed by atoms with Crippen molar-refractivity contribution in [3.63, 3.8) is 0 Å². The Morgan fingerprint density at radius 3 is 2.23 bits per heavy atom. The third-order valence-corrected chi connectivity index (χ3v) is 4.33. The fourth-order valence-electron chi connectivity index (χ4n) is 2.68. The molecule has 0 aliphatic rings. The predicted molar refractivity (Wildman–Crippen MR) is 119 cm³/mol. The van der Waals surface area contributed by atoms with E-state index < -0.39 is 0 Å². The number of amides is 1. The van der Waals surface area contributed by atoms with E-state index in [1.165, 1.54) is 6.33 Å². The maximum absolute atomic E-state index is 12.3. The van der Waals surface area contributed by atoms with E-state index in [2.05, 4.69) is 30.9 Å². The summed E-state index contributed by atoms with van der Waals surface area (Å²) in [7, 11) is 0. The molecule has 0 spiro atoms. The van der Waals surface area contributed by atoms with Gasteiger partial charge >= 0.3 is 0 Å². The minimum absolute atomic E-state index is 0.223. The first-order valence-electron chi connectivity index (χ1n) is 9.10. The van der Waals surface area contributed by atoms with Crippen LogP contribution >= 0.6 is 11.6 Å². The van der Waals surface area contributed by atoms with Gasteiger partial charge in [0, 0.05) is 34.2 Å². The lowest BCUT2D eigenvalue weighted by Gasteiger charge is -2.10. The van der Waals surface area contributed by atoms with Gasteiger partial charge in [0.2, 0.25) is 0 Å². The van der Waals surface area contributed by atoms with Crippen molar-refractivity contribution < 1.29 is 4.79 Å². The minimum Gasteiger partial charge on any atom is -0.340 e. The normalized spacial score (nSPS) is 10.3. The molecule has 0 bridgehead atoms. The molecule has 0 unspecified atom stereocenters. The van der Waals surface area contributed by atoms with Gasteiger partial charge in [-0.1, -0.05) is 23.7 Å². The van der Waals surface area contributed by atoms with Gasteiger partial charge in [-0.3, -0.25) is 4.79 Å². The minimum atomic E-state index is -0.223. The van der Waals surface area contributed by atoms with Gasteiger partial charge < -0.3 is 16.0 Å². The lowest BCUT2D eigenvalue weighted by Crippen LogP contribution is -2.11. The first-order valence-corrected chi connectivity index (χ1v) is 9.48. The van der Waals surface area contributed by atoms with Gasteiger partial charge in [0.15, 0.2) is 0 Å². The van der Waals surface area contributed by atoms with Crippen LogP contribution in [0, 0.1) is 0 Å². The molecule has 3 N–H and O–H groups in total. The van der Waals surface area contributed by atoms with Crippen LogP contribution < -0.4 is 16.0 Å². The van der Waals surface area contributed by atoms with Crippen LogP contribution in [0.4, 0.5) is 28.8 Å². The quantitative estimate of drug-likeness (QED) is 0.397. The molecule has 0 aliphatic carbocycles. The molecule has 0 saturated carbocycles. The molecule has 0 aliphatic heterocycles. The number of halogens is 1. The number of aromatic nitrogens is 3. The Labute approximate surface area is 178 Å². The Kier molecular flexibility index (Phi) is 5.82. The molecular formula is C22H17ClN6O. The smallest absolute Gasteiger partial charge is 0.255 e. The summed E-state index contributed by atoms with van der Waals surface area (Å²) >= 11 is 5.94. The monoisotopic (exact) mass is 416 g/mol. The molecule has 2 aromatic carbocycles. The first-order chi connectivity index (χ1) is 14.7. The molecule has 2 heterocycles. The average Bonchev–Trinajstić information content (AvgIpc) is 2.76. The zero-order valence-corrected chi connectivity index (χ0v) is 16.5. The van der Waals surface area contributed by atoms with Crippen LogP contribution in [-0.2, 0) is 0 Å². The van der Waals surface area contributed by atoms with E-state index in [1.807, 2.05) is 30.3 Å². The van der Waals surface area contributed by atoms with Crippen molar-refractivity contribution in [3.8, 4) is 0 Å². The topological polar surface area (TPSA) is 91.8 Å². The Morgan fingerprint density at radius 2 is 1.50 bits per heavy atom. The second-order valence-electron chi connectivity index (χ2n) is 6.30. The summed E-state index contributed by atoms with van der Waals surface area (Å²) in [5.74, 6) is 1.72. The van der Waals surface area contributed by atoms with Crippen LogP contribution in [0.15, 0.2) is 85.3 Å². The van der Waals surface area contributed by atoms with Gasteiger partial charge in [-0.15, -0.1) is 0 Å². The van der Waals surface area contributed by atoms with Gasteiger partial charge in [-0.05, 0) is 54.6 Å². The van der Waals surface area contributed by atoms with Crippen molar-refractivity contribution in [3.05, 3.63) is 95.9 Å². The second kappa shape index (κ2) is 9.02. The highest BCUT2D eigenvalue weighted by molar-refractivity contribution is 6.31. The molecule has 4 rings (SSSR count). The molecule has 8 heteroatoms. The van der Waals surface area contributed by atoms with E-state index in [0.29, 0.717) is 33.7 Å². The molecule has 1 amide bonds. The largest absolute Gasteiger partial charge is 0.340 e. The van der Waals surface area contributed by atoms with Crippen LogP contribution in [0.1, 0.15) is 10.4 Å². The molecular weight excluding hydrogens is 400 g/mol. The standard InChI is InChI=1S/C22H17ClN6O/c23-16-5-3-4-15(12-16)22(30)28-18-9-7-17(8-10-18)27-20-13-21(26-14-25-20)29-19-6-1-2-11-24-19/h1-14H,(H,28,30)(H2,24,25,26,27,29). The maximum Gasteiger partial charge on any atom is 0.255 e. The summed E-state index contributed by atoms with van der Waals surface area (Å²) in [5, 5.41) is 9.69. The highest BCUT2D eigenvalue weighted by atomic mass is 35.5. The summed E-state index contributed by atoms with van der Waals surface area (Å²) in [6, 6.07) is 21.5. The molecule has 0 saturated heterocycles. The summed E-state index contributed by atoms with van der Waals surface area (Å²) < 4.78 is 0. The number of benzene rings is 2. The van der Waals surface area contributed by atoms with Gasteiger partial charge in [-0.25, -0.2) is 15.0 Å². The number of anilines is 5. The number of carbonyl (C=O) groups excluding carboxylic acids is 1. The Morgan fingerprint density at radius 1 is 0.733 bits per heavy atom. The zero-order chi connectivity index (χ0) is 20.8. The van der Waals surface area contributed by atoms with E-state index in [9.17, 15) is 4.79 Å². The molecule has 0 fully saturated rings. The van der Waals surface area contributed by atoms with E-state index in [1.54, 1.807) is 48.7 Å². The number of pyridine rings is 1. The van der Waals surface area contributed by atoms with Crippen molar-refractivity contribution >= 4 is 46.3 Å². The summed E-state index contributed by atoms with van der Waals surface area (Å²) in [6.45, 7) is 0. The SMILES string of the molecule is O=C(Nc1ccc(Nc2cc(Nc3ccccn3)ncn2)cc1)c1cccc(Cl)c1. The summed E-state index contributed by atoms with van der Waals surface area (Å²) in [5.41, 5.74) is 1.99. The van der Waals surface area contributed by atoms with E-state index >= 15 is 0 Å². The molecule has 0 radical (unpaired) electrons. The Hall–Kier alpha value is -3.97. The van der Waals surface area contributed by atoms with Crippen molar-refractivity contribution in [1.82, 2.24) is 15.0 Å². The Balaban J connectivity index is 1.40. The van der Waals surface area contributed by atoms with Gasteiger partial charge in [-0.2, -0.15) is 0 Å². The highest BCUT2D eigenvalue weighted by Gasteiger charge is 2.07. The lowest BCUT2D eigenvalue weighted by atomic mass is 10.2. The molecule has 0 atom stereocenters. The van der Waals surface area contributed by atoms with Crippen molar-refractivity contribution in [1.29, 1.82) is 0 Å². The van der Waals surface area contributed by atoms with Crippen LogP contribution in [0.3, 0.4) is 0 Å². The third kappa shape index (κ3) is 5.09. The molecule has 4 aromatic rings. The van der Waals surface area contributed by atoms with Crippen molar-refractivity contribution in [2.45, 2.75) is 0 Å². The van der Waals surface area contributed by atoms with Gasteiger partial charge in [0.05, 0.1) is 0 Å². The molecule has 2 aromatic heterocycles. The number of nitrogens with one attached hydrogen (secondary N) is 3. The number of hydrogen-bond acceptors (Lipinski definition) is 6. The van der Waals surface area contributed by atoms with Crippen LogP contribution in [-0.4, -0.2) is 20.9 Å². The predicted octanol–water partition coefficient (Wildman–Crippen LogP) is 5.26. The van der Waals surface area contributed by atoms with Gasteiger partial charge in [0.1, 0.15) is 23.8 Å². The number of carbonyl (C=O) groups is 1. The van der Waals surface area contributed by atoms with E-state index in [4.69, 9.17) is 11.6 Å². The van der Waals surface area contributed by atoms with Crippen LogP contribution in [0.5, 0.6) is 0 Å².